The first-order valence-corrected chi connectivity index (χ1v) is 11.5. The maximum absolute atomic E-state index is 12.6. The number of hydrogen-bond acceptors (Lipinski definition) is 7. The molecular formula is C24H37NO7. The molecule has 0 aliphatic heterocycles. The molecule has 0 aromatic heterocycles. The Hall–Kier alpha value is -2.51. The largest absolute Gasteiger partial charge is 0.466 e. The number of rotatable bonds is 15. The molecule has 1 fully saturated rings. The summed E-state index contributed by atoms with van der Waals surface area (Å²) in [6, 6.07) is 0. The first-order chi connectivity index (χ1) is 15.3. The molecule has 8 heteroatoms. The van der Waals surface area contributed by atoms with Crippen molar-refractivity contribution in [3.8, 4) is 0 Å². The van der Waals surface area contributed by atoms with Crippen LogP contribution in [0.5, 0.6) is 0 Å². The number of carbonyl (C=O) groups is 3. The van der Waals surface area contributed by atoms with Crippen molar-refractivity contribution in [1.29, 1.82) is 0 Å². The smallest absolute Gasteiger partial charge is 0.347 e. The lowest BCUT2D eigenvalue weighted by Crippen LogP contribution is -2.27. The molecule has 0 spiro atoms. The van der Waals surface area contributed by atoms with Gasteiger partial charge in [0.1, 0.15) is 5.78 Å². The molecule has 0 N–H and O–H groups in total. The quantitative estimate of drug-likeness (QED) is 0.119. The van der Waals surface area contributed by atoms with Gasteiger partial charge < -0.3 is 9.47 Å². The van der Waals surface area contributed by atoms with Gasteiger partial charge in [-0.05, 0) is 38.0 Å². The van der Waals surface area contributed by atoms with Gasteiger partial charge >= 0.3 is 11.9 Å². The zero-order valence-electron chi connectivity index (χ0n) is 19.5. The zero-order chi connectivity index (χ0) is 23.9. The predicted molar refractivity (Wildman–Crippen MR) is 120 cm³/mol. The number of carbonyl (C=O) groups excluding carboxylic acids is 3. The first-order valence-electron chi connectivity index (χ1n) is 11.5. The summed E-state index contributed by atoms with van der Waals surface area (Å²) < 4.78 is 9.62. The Morgan fingerprint density at radius 3 is 2.56 bits per heavy atom. The molecule has 180 valence electrons. The number of hydrogen-bond donors (Lipinski definition) is 0. The summed E-state index contributed by atoms with van der Waals surface area (Å²) in [5, 5.41) is 11.1. The first kappa shape index (κ1) is 27.5. The van der Waals surface area contributed by atoms with Crippen molar-refractivity contribution in [2.45, 2.75) is 77.7 Å². The Bertz CT molecular complexity index is 686. The standard InChI is InChI=1S/C24H37NO7/c1-4-5-6-7-8-10-13-20-19(17-25(29)30)16-22(27)21(20)14-11-9-12-15-23(24(28)31-3)32-18(2)26/h9-11,13,19-21,23H,4-8,12,14-17H2,1-3H3/b11-9-,13-10+/t19-,20-,21+,23?/m0/s1. The van der Waals surface area contributed by atoms with E-state index in [1.54, 1.807) is 0 Å². The molecule has 0 radical (unpaired) electrons. The maximum Gasteiger partial charge on any atom is 0.347 e. The van der Waals surface area contributed by atoms with Crippen molar-refractivity contribution in [3.63, 3.8) is 0 Å². The van der Waals surface area contributed by atoms with E-state index in [2.05, 4.69) is 17.7 Å². The molecular weight excluding hydrogens is 414 g/mol. The van der Waals surface area contributed by atoms with Crippen molar-refractivity contribution in [1.82, 2.24) is 0 Å². The van der Waals surface area contributed by atoms with Gasteiger partial charge in [-0.2, -0.15) is 0 Å². The van der Waals surface area contributed by atoms with Crippen LogP contribution in [0.4, 0.5) is 0 Å². The lowest BCUT2D eigenvalue weighted by molar-refractivity contribution is -0.489. The molecule has 1 rings (SSSR count). The van der Waals surface area contributed by atoms with Crippen LogP contribution in [0, 0.1) is 27.9 Å². The van der Waals surface area contributed by atoms with Gasteiger partial charge in [-0.1, -0.05) is 50.5 Å². The number of allylic oxidation sites excluding steroid dienone is 4. The average molecular weight is 452 g/mol. The van der Waals surface area contributed by atoms with Gasteiger partial charge in [0.25, 0.3) is 0 Å². The summed E-state index contributed by atoms with van der Waals surface area (Å²) in [6.07, 6.45) is 13.9. The Balaban J connectivity index is 2.67. The highest BCUT2D eigenvalue weighted by atomic mass is 16.6. The van der Waals surface area contributed by atoms with Crippen LogP contribution in [-0.2, 0) is 23.9 Å². The number of esters is 2. The van der Waals surface area contributed by atoms with E-state index in [0.29, 0.717) is 12.8 Å². The van der Waals surface area contributed by atoms with Gasteiger partial charge in [0.05, 0.1) is 7.11 Å². The molecule has 1 unspecified atom stereocenters. The number of nitro groups is 1. The zero-order valence-corrected chi connectivity index (χ0v) is 19.5. The van der Waals surface area contributed by atoms with Gasteiger partial charge in [-0.25, -0.2) is 4.79 Å². The Labute approximate surface area is 190 Å². The highest BCUT2D eigenvalue weighted by Gasteiger charge is 2.42. The van der Waals surface area contributed by atoms with Crippen LogP contribution in [0.3, 0.4) is 0 Å². The van der Waals surface area contributed by atoms with Crippen LogP contribution in [0.1, 0.15) is 71.6 Å². The summed E-state index contributed by atoms with van der Waals surface area (Å²) in [7, 11) is 1.24. The van der Waals surface area contributed by atoms with Gasteiger partial charge in [-0.15, -0.1) is 0 Å². The van der Waals surface area contributed by atoms with Crippen molar-refractivity contribution in [2.24, 2.45) is 17.8 Å². The van der Waals surface area contributed by atoms with Gasteiger partial charge in [0.15, 0.2) is 6.10 Å². The van der Waals surface area contributed by atoms with Crippen LogP contribution in [0.15, 0.2) is 24.3 Å². The predicted octanol–water partition coefficient (Wildman–Crippen LogP) is 4.44. The molecule has 4 atom stereocenters. The monoisotopic (exact) mass is 451 g/mol. The van der Waals surface area contributed by atoms with Crippen molar-refractivity contribution >= 4 is 17.7 Å². The SMILES string of the molecule is CCCCCC/C=C/[C@H]1[C@H](C[N+](=O)[O-])CC(=O)[C@@H]1C/C=C\CCC(OC(C)=O)C(=O)OC. The number of ketones is 1. The van der Waals surface area contributed by atoms with Crippen LogP contribution in [-0.4, -0.2) is 42.4 Å². The van der Waals surface area contributed by atoms with Crippen LogP contribution in [0.25, 0.3) is 0 Å². The average Bonchev–Trinajstić information content (AvgIpc) is 3.02. The normalized spacial score (nSPS) is 21.8. The Morgan fingerprint density at radius 2 is 1.94 bits per heavy atom. The maximum atomic E-state index is 12.6. The van der Waals surface area contributed by atoms with Gasteiger partial charge in [-0.3, -0.25) is 19.7 Å². The van der Waals surface area contributed by atoms with E-state index in [0.717, 1.165) is 19.3 Å². The second-order valence-electron chi connectivity index (χ2n) is 8.31. The highest BCUT2D eigenvalue weighted by Crippen LogP contribution is 2.38. The highest BCUT2D eigenvalue weighted by molar-refractivity contribution is 5.84. The number of unbranched alkanes of at least 4 members (excludes halogenated alkanes) is 4. The molecule has 0 bridgehead atoms. The summed E-state index contributed by atoms with van der Waals surface area (Å²) in [6.45, 7) is 3.20. The summed E-state index contributed by atoms with van der Waals surface area (Å²) in [5.74, 6) is -1.76. The molecule has 1 aliphatic rings. The molecule has 32 heavy (non-hydrogen) atoms. The second-order valence-corrected chi connectivity index (χ2v) is 8.31. The lowest BCUT2D eigenvalue weighted by atomic mass is 9.86. The van der Waals surface area contributed by atoms with E-state index < -0.39 is 18.0 Å². The van der Waals surface area contributed by atoms with E-state index in [1.807, 2.05) is 18.2 Å². The van der Waals surface area contributed by atoms with Crippen molar-refractivity contribution in [3.05, 3.63) is 34.4 Å². The molecule has 0 amide bonds. The van der Waals surface area contributed by atoms with Crippen LogP contribution in [0.2, 0.25) is 0 Å². The van der Waals surface area contributed by atoms with Crippen LogP contribution >= 0.6 is 0 Å². The molecule has 8 nitrogen and oxygen atoms in total. The number of methoxy groups -OCH3 is 1. The van der Waals surface area contributed by atoms with E-state index in [4.69, 9.17) is 4.74 Å². The fourth-order valence-electron chi connectivity index (χ4n) is 4.15. The van der Waals surface area contributed by atoms with Gasteiger partial charge in [0, 0.05) is 30.1 Å². The summed E-state index contributed by atoms with van der Waals surface area (Å²) in [4.78, 5) is 46.1. The summed E-state index contributed by atoms with van der Waals surface area (Å²) in [5.41, 5.74) is 0. The fraction of sp³-hybridized carbons (Fsp3) is 0.708. The molecule has 1 saturated carbocycles. The number of Topliss-reactive ketones (excluding diaryl/α,β-unsaturated/α-hetero) is 1. The third kappa shape index (κ3) is 10.2. The van der Waals surface area contributed by atoms with Crippen molar-refractivity contribution in [2.75, 3.05) is 13.7 Å². The van der Waals surface area contributed by atoms with E-state index in [-0.39, 0.29) is 47.8 Å². The van der Waals surface area contributed by atoms with E-state index in [1.165, 1.54) is 26.9 Å². The third-order valence-corrected chi connectivity index (χ3v) is 5.78. The number of nitrogens with zero attached hydrogens (tertiary/aromatic N) is 1. The number of ether oxygens (including phenoxy) is 2. The minimum absolute atomic E-state index is 0.0643. The van der Waals surface area contributed by atoms with E-state index in [9.17, 15) is 24.5 Å². The Kier molecular flexibility index (Phi) is 13.2. The molecule has 0 saturated heterocycles. The lowest BCUT2D eigenvalue weighted by Gasteiger charge is -2.17. The summed E-state index contributed by atoms with van der Waals surface area (Å²) >= 11 is 0. The third-order valence-electron chi connectivity index (χ3n) is 5.78. The van der Waals surface area contributed by atoms with Gasteiger partial charge in [0.2, 0.25) is 6.54 Å². The molecule has 0 aromatic rings. The molecule has 0 heterocycles. The van der Waals surface area contributed by atoms with Crippen molar-refractivity contribution < 1.29 is 28.8 Å². The Morgan fingerprint density at radius 1 is 1.19 bits per heavy atom. The minimum Gasteiger partial charge on any atom is -0.466 e. The topological polar surface area (TPSA) is 113 Å². The van der Waals surface area contributed by atoms with Crippen LogP contribution < -0.4 is 0 Å². The van der Waals surface area contributed by atoms with E-state index >= 15 is 0 Å². The molecule has 1 aliphatic carbocycles. The fourth-order valence-corrected chi connectivity index (χ4v) is 4.15. The molecule has 0 aromatic carbocycles. The minimum atomic E-state index is -0.955. The second kappa shape index (κ2) is 15.3.